The fraction of sp³-hybridized carbons (Fsp3) is 0.333. The minimum absolute atomic E-state index is 0.156. The predicted molar refractivity (Wildman–Crippen MR) is 92.9 cm³/mol. The Morgan fingerprint density at radius 3 is 2.43 bits per heavy atom. The van der Waals surface area contributed by atoms with Crippen LogP contribution in [0.2, 0.25) is 0 Å². The predicted octanol–water partition coefficient (Wildman–Crippen LogP) is 3.95. The van der Waals surface area contributed by atoms with Gasteiger partial charge in [0.1, 0.15) is 0 Å². The van der Waals surface area contributed by atoms with E-state index in [-0.39, 0.29) is 5.91 Å². The Kier molecular flexibility index (Phi) is 5.21. The van der Waals surface area contributed by atoms with Gasteiger partial charge in [-0.05, 0) is 44.2 Å². The lowest BCUT2D eigenvalue weighted by Crippen LogP contribution is -2.31. The maximum Gasteiger partial charge on any atom is 0.309 e. The summed E-state index contributed by atoms with van der Waals surface area (Å²) in [6.45, 7) is 5.67. The van der Waals surface area contributed by atoms with Crippen molar-refractivity contribution < 1.29 is 14.7 Å². The minimum atomic E-state index is -0.858. The summed E-state index contributed by atoms with van der Waals surface area (Å²) in [5.41, 5.74) is 2.24. The van der Waals surface area contributed by atoms with Gasteiger partial charge in [-0.2, -0.15) is 0 Å². The number of rotatable bonds is 6. The number of carboxylic acids is 1. The fourth-order valence-corrected chi connectivity index (χ4v) is 2.95. The smallest absolute Gasteiger partial charge is 0.309 e. The van der Waals surface area contributed by atoms with Crippen molar-refractivity contribution in [3.05, 3.63) is 46.2 Å². The summed E-state index contributed by atoms with van der Waals surface area (Å²) in [7, 11) is 0. The molecule has 23 heavy (non-hydrogen) atoms. The van der Waals surface area contributed by atoms with Gasteiger partial charge in [0.25, 0.3) is 5.91 Å². The monoisotopic (exact) mass is 331 g/mol. The normalized spacial score (nSPS) is 11.3. The van der Waals surface area contributed by atoms with E-state index in [1.165, 1.54) is 16.9 Å². The molecule has 4 nitrogen and oxygen atoms in total. The Morgan fingerprint density at radius 2 is 1.83 bits per heavy atom. The maximum absolute atomic E-state index is 12.4. The van der Waals surface area contributed by atoms with E-state index < -0.39 is 11.4 Å². The Bertz CT molecular complexity index is 701. The van der Waals surface area contributed by atoms with E-state index in [0.29, 0.717) is 17.8 Å². The molecule has 122 valence electrons. The molecule has 0 aliphatic carbocycles. The van der Waals surface area contributed by atoms with E-state index in [4.69, 9.17) is 5.11 Å². The van der Waals surface area contributed by atoms with Crippen molar-refractivity contribution >= 4 is 23.2 Å². The van der Waals surface area contributed by atoms with Crippen LogP contribution in [0.4, 0.5) is 0 Å². The lowest BCUT2D eigenvalue weighted by Gasteiger charge is -2.18. The summed E-state index contributed by atoms with van der Waals surface area (Å²) in [4.78, 5) is 24.1. The van der Waals surface area contributed by atoms with Crippen LogP contribution in [0.5, 0.6) is 0 Å². The van der Waals surface area contributed by atoms with Crippen LogP contribution < -0.4 is 5.32 Å². The SMILES string of the molecule is Cc1ccc(-c2ccsc2C(=O)NCCC(C)(C)C(=O)O)cc1. The summed E-state index contributed by atoms with van der Waals surface area (Å²) >= 11 is 1.39. The highest BCUT2D eigenvalue weighted by Crippen LogP contribution is 2.28. The molecule has 1 aromatic heterocycles. The first-order chi connectivity index (χ1) is 10.8. The largest absolute Gasteiger partial charge is 0.481 e. The van der Waals surface area contributed by atoms with Crippen molar-refractivity contribution in [1.82, 2.24) is 5.32 Å². The molecule has 0 bridgehead atoms. The molecule has 0 unspecified atom stereocenters. The average molecular weight is 331 g/mol. The molecule has 0 aliphatic heterocycles. The molecule has 0 saturated heterocycles. The summed E-state index contributed by atoms with van der Waals surface area (Å²) in [6, 6.07) is 9.98. The molecule has 0 spiro atoms. The Balaban J connectivity index is 2.05. The Hall–Kier alpha value is -2.14. The molecule has 0 atom stereocenters. The van der Waals surface area contributed by atoms with Gasteiger partial charge < -0.3 is 10.4 Å². The topological polar surface area (TPSA) is 66.4 Å². The number of carbonyl (C=O) groups excluding carboxylic acids is 1. The third-order valence-electron chi connectivity index (χ3n) is 3.85. The number of hydrogen-bond acceptors (Lipinski definition) is 3. The number of hydrogen-bond donors (Lipinski definition) is 2. The molecule has 1 heterocycles. The van der Waals surface area contributed by atoms with Crippen molar-refractivity contribution in [1.29, 1.82) is 0 Å². The zero-order valence-electron chi connectivity index (χ0n) is 13.6. The lowest BCUT2D eigenvalue weighted by atomic mass is 9.90. The minimum Gasteiger partial charge on any atom is -0.481 e. The second-order valence-corrected chi connectivity index (χ2v) is 7.14. The third-order valence-corrected chi connectivity index (χ3v) is 4.76. The lowest BCUT2D eigenvalue weighted by molar-refractivity contribution is -0.147. The van der Waals surface area contributed by atoms with E-state index in [1.807, 2.05) is 42.6 Å². The highest BCUT2D eigenvalue weighted by atomic mass is 32.1. The third kappa shape index (κ3) is 4.20. The van der Waals surface area contributed by atoms with Crippen molar-refractivity contribution in [2.24, 2.45) is 5.41 Å². The summed E-state index contributed by atoms with van der Waals surface area (Å²) in [5.74, 6) is -1.01. The zero-order chi connectivity index (χ0) is 17.0. The van der Waals surface area contributed by atoms with Crippen LogP contribution in [-0.2, 0) is 4.79 Å². The molecule has 0 aliphatic rings. The second-order valence-electron chi connectivity index (χ2n) is 6.22. The van der Waals surface area contributed by atoms with Gasteiger partial charge in [-0.25, -0.2) is 0 Å². The standard InChI is InChI=1S/C18H21NO3S/c1-12-4-6-13(7-5-12)14-8-11-23-15(14)16(20)19-10-9-18(2,3)17(21)22/h4-8,11H,9-10H2,1-3H3,(H,19,20)(H,21,22). The molecule has 0 fully saturated rings. The molecule has 2 N–H and O–H groups in total. The zero-order valence-corrected chi connectivity index (χ0v) is 14.4. The maximum atomic E-state index is 12.4. The molecular weight excluding hydrogens is 310 g/mol. The Labute approximate surface area is 140 Å². The summed E-state index contributed by atoms with van der Waals surface area (Å²) < 4.78 is 0. The van der Waals surface area contributed by atoms with Crippen LogP contribution in [-0.4, -0.2) is 23.5 Å². The van der Waals surface area contributed by atoms with E-state index in [9.17, 15) is 9.59 Å². The first kappa shape index (κ1) is 17.2. The molecule has 0 saturated carbocycles. The van der Waals surface area contributed by atoms with Gasteiger partial charge in [0.15, 0.2) is 0 Å². The number of benzene rings is 1. The van der Waals surface area contributed by atoms with Crippen molar-refractivity contribution in [3.8, 4) is 11.1 Å². The number of aliphatic carboxylic acids is 1. The Morgan fingerprint density at radius 1 is 1.17 bits per heavy atom. The molecule has 0 radical (unpaired) electrons. The van der Waals surface area contributed by atoms with Gasteiger partial charge in [-0.15, -0.1) is 11.3 Å². The first-order valence-corrected chi connectivity index (χ1v) is 8.35. The van der Waals surface area contributed by atoms with Gasteiger partial charge in [-0.3, -0.25) is 9.59 Å². The van der Waals surface area contributed by atoms with Crippen molar-refractivity contribution in [2.75, 3.05) is 6.54 Å². The fourth-order valence-electron chi connectivity index (χ4n) is 2.12. The molecular formula is C18H21NO3S. The van der Waals surface area contributed by atoms with Crippen LogP contribution in [0, 0.1) is 12.3 Å². The summed E-state index contributed by atoms with van der Waals surface area (Å²) in [6.07, 6.45) is 0.388. The highest BCUT2D eigenvalue weighted by molar-refractivity contribution is 7.12. The van der Waals surface area contributed by atoms with Gasteiger partial charge in [0, 0.05) is 12.1 Å². The molecule has 5 heteroatoms. The average Bonchev–Trinajstić information content (AvgIpc) is 2.97. The number of carbonyl (C=O) groups is 2. The second kappa shape index (κ2) is 6.96. The van der Waals surface area contributed by atoms with Gasteiger partial charge in [0.05, 0.1) is 10.3 Å². The van der Waals surface area contributed by atoms with E-state index in [2.05, 4.69) is 5.32 Å². The number of amides is 1. The van der Waals surface area contributed by atoms with Crippen LogP contribution in [0.3, 0.4) is 0 Å². The van der Waals surface area contributed by atoms with E-state index >= 15 is 0 Å². The van der Waals surface area contributed by atoms with Gasteiger partial charge in [0.2, 0.25) is 0 Å². The quantitative estimate of drug-likeness (QED) is 0.842. The number of nitrogens with one attached hydrogen (secondary N) is 1. The summed E-state index contributed by atoms with van der Waals surface area (Å²) in [5, 5.41) is 13.8. The molecule has 1 amide bonds. The molecule has 2 aromatic rings. The molecule has 1 aromatic carbocycles. The number of aryl methyl sites for hydroxylation is 1. The van der Waals surface area contributed by atoms with Crippen molar-refractivity contribution in [2.45, 2.75) is 27.2 Å². The number of carboxylic acid groups (broad SMARTS) is 1. The van der Waals surface area contributed by atoms with Crippen LogP contribution >= 0.6 is 11.3 Å². The molecule has 2 rings (SSSR count). The van der Waals surface area contributed by atoms with Crippen LogP contribution in [0.1, 0.15) is 35.5 Å². The van der Waals surface area contributed by atoms with E-state index in [0.717, 1.165) is 11.1 Å². The van der Waals surface area contributed by atoms with E-state index in [1.54, 1.807) is 13.8 Å². The highest BCUT2D eigenvalue weighted by Gasteiger charge is 2.26. The van der Waals surface area contributed by atoms with Crippen LogP contribution in [0.15, 0.2) is 35.7 Å². The van der Waals surface area contributed by atoms with Gasteiger partial charge in [-0.1, -0.05) is 29.8 Å². The first-order valence-electron chi connectivity index (χ1n) is 7.47. The van der Waals surface area contributed by atoms with Gasteiger partial charge >= 0.3 is 5.97 Å². The number of thiophene rings is 1. The van der Waals surface area contributed by atoms with Crippen LogP contribution in [0.25, 0.3) is 11.1 Å². The van der Waals surface area contributed by atoms with Crippen molar-refractivity contribution in [3.63, 3.8) is 0 Å².